The van der Waals surface area contributed by atoms with Crippen molar-refractivity contribution >= 4 is 17.4 Å². The summed E-state index contributed by atoms with van der Waals surface area (Å²) in [5.74, 6) is 0.584. The number of nitrogens with zero attached hydrogens (tertiary/aromatic N) is 1. The van der Waals surface area contributed by atoms with Crippen LogP contribution in [-0.4, -0.2) is 16.3 Å². The fraction of sp³-hybridized carbons (Fsp3) is 0.667. The van der Waals surface area contributed by atoms with Crippen LogP contribution in [0.1, 0.15) is 48.0 Å². The summed E-state index contributed by atoms with van der Waals surface area (Å²) in [4.78, 5) is 13.0. The first-order valence-corrected chi connectivity index (χ1v) is 6.68. The lowest BCUT2D eigenvalue weighted by molar-refractivity contribution is 0.0906. The molecular formula is C12H18N2OS. The standard InChI is InChI=1S/C12H18N2OS/c1-8-5-3-4-6-10(8)13-12(15)11-7-9(2)16-14-11/h7-8,10H,3-6H2,1-2H3,(H,13,15). The first-order chi connectivity index (χ1) is 7.66. The van der Waals surface area contributed by atoms with Crippen molar-refractivity contribution in [1.82, 2.24) is 9.69 Å². The van der Waals surface area contributed by atoms with Crippen LogP contribution >= 0.6 is 11.5 Å². The van der Waals surface area contributed by atoms with E-state index in [0.717, 1.165) is 11.3 Å². The number of hydrogen-bond acceptors (Lipinski definition) is 3. The average Bonchev–Trinajstić information content (AvgIpc) is 2.68. The molecule has 0 saturated heterocycles. The van der Waals surface area contributed by atoms with Gasteiger partial charge in [-0.05, 0) is 43.3 Å². The number of carbonyl (C=O) groups is 1. The molecule has 1 aliphatic rings. The minimum Gasteiger partial charge on any atom is -0.348 e. The molecule has 0 bridgehead atoms. The van der Waals surface area contributed by atoms with Crippen molar-refractivity contribution in [2.75, 3.05) is 0 Å². The molecule has 88 valence electrons. The maximum atomic E-state index is 11.9. The highest BCUT2D eigenvalue weighted by Crippen LogP contribution is 2.24. The largest absolute Gasteiger partial charge is 0.348 e. The SMILES string of the molecule is Cc1cc(C(=O)NC2CCCCC2C)ns1. The van der Waals surface area contributed by atoms with Crippen molar-refractivity contribution in [3.8, 4) is 0 Å². The van der Waals surface area contributed by atoms with Crippen LogP contribution in [0.5, 0.6) is 0 Å². The van der Waals surface area contributed by atoms with Crippen LogP contribution in [0, 0.1) is 12.8 Å². The molecule has 4 heteroatoms. The number of aryl methyl sites for hydroxylation is 1. The third-order valence-corrected chi connectivity index (χ3v) is 3.98. The van der Waals surface area contributed by atoms with E-state index in [1.807, 2.05) is 13.0 Å². The Morgan fingerprint density at radius 3 is 2.88 bits per heavy atom. The van der Waals surface area contributed by atoms with Gasteiger partial charge in [0.2, 0.25) is 0 Å². The molecule has 1 aromatic heterocycles. The van der Waals surface area contributed by atoms with E-state index in [4.69, 9.17) is 0 Å². The van der Waals surface area contributed by atoms with Crippen LogP contribution in [0.25, 0.3) is 0 Å². The van der Waals surface area contributed by atoms with Crippen LogP contribution in [0.15, 0.2) is 6.07 Å². The summed E-state index contributed by atoms with van der Waals surface area (Å²) in [6.07, 6.45) is 4.85. The number of hydrogen-bond donors (Lipinski definition) is 1. The number of carbonyl (C=O) groups excluding carboxylic acids is 1. The number of amides is 1. The molecular weight excluding hydrogens is 220 g/mol. The van der Waals surface area contributed by atoms with Gasteiger partial charge in [0, 0.05) is 10.9 Å². The number of nitrogens with one attached hydrogen (secondary N) is 1. The van der Waals surface area contributed by atoms with Gasteiger partial charge in [0.25, 0.3) is 5.91 Å². The molecule has 1 saturated carbocycles. The van der Waals surface area contributed by atoms with Crippen molar-refractivity contribution in [3.63, 3.8) is 0 Å². The number of rotatable bonds is 2. The molecule has 16 heavy (non-hydrogen) atoms. The second-order valence-corrected chi connectivity index (χ2v) is 5.67. The van der Waals surface area contributed by atoms with Crippen LogP contribution in [0.3, 0.4) is 0 Å². The number of aromatic nitrogens is 1. The van der Waals surface area contributed by atoms with E-state index in [9.17, 15) is 4.79 Å². The molecule has 0 aromatic carbocycles. The van der Waals surface area contributed by atoms with E-state index >= 15 is 0 Å². The predicted molar refractivity (Wildman–Crippen MR) is 65.7 cm³/mol. The second kappa shape index (κ2) is 4.95. The molecule has 1 aromatic rings. The van der Waals surface area contributed by atoms with E-state index in [-0.39, 0.29) is 5.91 Å². The van der Waals surface area contributed by atoms with Crippen molar-refractivity contribution < 1.29 is 4.79 Å². The summed E-state index contributed by atoms with van der Waals surface area (Å²) in [5.41, 5.74) is 0.570. The lowest BCUT2D eigenvalue weighted by Crippen LogP contribution is -2.41. The molecule has 1 fully saturated rings. The topological polar surface area (TPSA) is 42.0 Å². The van der Waals surface area contributed by atoms with E-state index in [1.54, 1.807) is 0 Å². The van der Waals surface area contributed by atoms with Gasteiger partial charge in [-0.25, -0.2) is 0 Å². The minimum atomic E-state index is -0.0110. The maximum absolute atomic E-state index is 11.9. The first kappa shape index (κ1) is 11.6. The van der Waals surface area contributed by atoms with E-state index < -0.39 is 0 Å². The molecule has 1 heterocycles. The third kappa shape index (κ3) is 2.61. The molecule has 1 aliphatic carbocycles. The van der Waals surface area contributed by atoms with Gasteiger partial charge in [-0.1, -0.05) is 19.8 Å². The Kier molecular flexibility index (Phi) is 3.59. The molecule has 2 unspecified atom stereocenters. The third-order valence-electron chi connectivity index (χ3n) is 3.29. The van der Waals surface area contributed by atoms with Gasteiger partial charge in [-0.2, -0.15) is 4.37 Å². The van der Waals surface area contributed by atoms with Gasteiger partial charge in [-0.3, -0.25) is 4.79 Å². The maximum Gasteiger partial charge on any atom is 0.271 e. The molecule has 1 amide bonds. The molecule has 0 radical (unpaired) electrons. The van der Waals surface area contributed by atoms with Crippen molar-refractivity contribution in [2.24, 2.45) is 5.92 Å². The summed E-state index contributed by atoms with van der Waals surface area (Å²) in [6.45, 7) is 4.19. The summed E-state index contributed by atoms with van der Waals surface area (Å²) in [5, 5.41) is 3.10. The molecule has 0 spiro atoms. The van der Waals surface area contributed by atoms with Gasteiger partial charge < -0.3 is 5.32 Å². The van der Waals surface area contributed by atoms with Crippen molar-refractivity contribution in [3.05, 3.63) is 16.6 Å². The van der Waals surface area contributed by atoms with Crippen LogP contribution in [-0.2, 0) is 0 Å². The Morgan fingerprint density at radius 1 is 1.50 bits per heavy atom. The lowest BCUT2D eigenvalue weighted by atomic mass is 9.86. The Morgan fingerprint density at radius 2 is 2.25 bits per heavy atom. The average molecular weight is 238 g/mol. The van der Waals surface area contributed by atoms with Gasteiger partial charge in [-0.15, -0.1) is 0 Å². The Labute approximate surface area is 100 Å². The zero-order chi connectivity index (χ0) is 11.5. The normalized spacial score (nSPS) is 25.4. The van der Waals surface area contributed by atoms with Crippen LogP contribution < -0.4 is 5.32 Å². The van der Waals surface area contributed by atoms with E-state index in [0.29, 0.717) is 17.7 Å². The lowest BCUT2D eigenvalue weighted by Gasteiger charge is -2.29. The van der Waals surface area contributed by atoms with E-state index in [2.05, 4.69) is 16.6 Å². The quantitative estimate of drug-likeness (QED) is 0.860. The van der Waals surface area contributed by atoms with Gasteiger partial charge in [0.15, 0.2) is 0 Å². The highest BCUT2D eigenvalue weighted by atomic mass is 32.1. The highest BCUT2D eigenvalue weighted by Gasteiger charge is 2.23. The summed E-state index contributed by atoms with van der Waals surface area (Å²) in [7, 11) is 0. The molecule has 3 nitrogen and oxygen atoms in total. The van der Waals surface area contributed by atoms with Gasteiger partial charge in [0.1, 0.15) is 5.69 Å². The molecule has 2 rings (SSSR count). The smallest absolute Gasteiger partial charge is 0.271 e. The van der Waals surface area contributed by atoms with Crippen molar-refractivity contribution in [1.29, 1.82) is 0 Å². The Balaban J connectivity index is 1.96. The molecule has 0 aliphatic heterocycles. The second-order valence-electron chi connectivity index (χ2n) is 4.66. The zero-order valence-electron chi connectivity index (χ0n) is 9.82. The Bertz CT molecular complexity index is 375. The van der Waals surface area contributed by atoms with Crippen molar-refractivity contribution in [2.45, 2.75) is 45.6 Å². The van der Waals surface area contributed by atoms with E-state index in [1.165, 1.54) is 30.8 Å². The zero-order valence-corrected chi connectivity index (χ0v) is 10.6. The monoisotopic (exact) mass is 238 g/mol. The molecule has 2 atom stereocenters. The fourth-order valence-electron chi connectivity index (χ4n) is 2.25. The summed E-state index contributed by atoms with van der Waals surface area (Å²) in [6, 6.07) is 2.19. The summed E-state index contributed by atoms with van der Waals surface area (Å²) >= 11 is 1.38. The fourth-order valence-corrected chi connectivity index (χ4v) is 2.79. The predicted octanol–water partition coefficient (Wildman–Crippen LogP) is 2.76. The summed E-state index contributed by atoms with van der Waals surface area (Å²) < 4.78 is 4.14. The highest BCUT2D eigenvalue weighted by molar-refractivity contribution is 7.05. The van der Waals surface area contributed by atoms with Gasteiger partial charge in [0.05, 0.1) is 0 Å². The first-order valence-electron chi connectivity index (χ1n) is 5.91. The van der Waals surface area contributed by atoms with Crippen LogP contribution in [0.4, 0.5) is 0 Å². The minimum absolute atomic E-state index is 0.0110. The Hall–Kier alpha value is -0.900. The van der Waals surface area contributed by atoms with Gasteiger partial charge >= 0.3 is 0 Å². The van der Waals surface area contributed by atoms with Crippen LogP contribution in [0.2, 0.25) is 0 Å². The molecule has 1 N–H and O–H groups in total.